The zero-order chi connectivity index (χ0) is 14.0. The van der Waals surface area contributed by atoms with Crippen molar-refractivity contribution in [3.8, 4) is 0 Å². The molecule has 0 spiro atoms. The lowest BCUT2D eigenvalue weighted by Crippen LogP contribution is -2.63. The lowest BCUT2D eigenvalue weighted by molar-refractivity contribution is -0.151. The summed E-state index contributed by atoms with van der Waals surface area (Å²) in [4.78, 5) is 25.0. The Balaban J connectivity index is 1.83. The molecule has 0 saturated carbocycles. The standard InChI is InChI=1S/C13H15ClN2O3/c1-13(19)7-16(8-13)11(17)6-15-12(18)9-3-2-4-10(14)5-9/h2-5,19H,6-8H2,1H3,(H,15,18). The first kappa shape index (κ1) is 13.8. The van der Waals surface area contributed by atoms with Gasteiger partial charge < -0.3 is 15.3 Å². The number of rotatable bonds is 3. The van der Waals surface area contributed by atoms with Crippen LogP contribution in [0.2, 0.25) is 5.02 Å². The van der Waals surface area contributed by atoms with Crippen LogP contribution in [0.15, 0.2) is 24.3 Å². The molecule has 1 aromatic rings. The zero-order valence-corrected chi connectivity index (χ0v) is 11.3. The fraction of sp³-hybridized carbons (Fsp3) is 0.385. The first-order valence-corrected chi connectivity index (χ1v) is 6.29. The van der Waals surface area contributed by atoms with Crippen LogP contribution in [0.25, 0.3) is 0 Å². The number of nitrogens with one attached hydrogen (secondary N) is 1. The third-order valence-corrected chi connectivity index (χ3v) is 3.14. The lowest BCUT2D eigenvalue weighted by atomic mass is 9.97. The predicted octanol–water partition coefficient (Wildman–Crippen LogP) is 0.663. The summed E-state index contributed by atoms with van der Waals surface area (Å²) in [5.41, 5.74) is -0.386. The SMILES string of the molecule is CC1(O)CN(C(=O)CNC(=O)c2cccc(Cl)c2)C1. The maximum absolute atomic E-state index is 11.8. The van der Waals surface area contributed by atoms with Crippen molar-refractivity contribution in [3.05, 3.63) is 34.9 Å². The van der Waals surface area contributed by atoms with Crippen LogP contribution in [0.4, 0.5) is 0 Å². The maximum atomic E-state index is 11.8. The molecule has 1 aliphatic heterocycles. The average molecular weight is 283 g/mol. The van der Waals surface area contributed by atoms with Crippen molar-refractivity contribution >= 4 is 23.4 Å². The smallest absolute Gasteiger partial charge is 0.251 e. The summed E-state index contributed by atoms with van der Waals surface area (Å²) in [5.74, 6) is -0.551. The summed E-state index contributed by atoms with van der Waals surface area (Å²) in [6.45, 7) is 2.19. The molecule has 102 valence electrons. The van der Waals surface area contributed by atoms with Gasteiger partial charge in [0.15, 0.2) is 0 Å². The van der Waals surface area contributed by atoms with Gasteiger partial charge in [-0.15, -0.1) is 0 Å². The summed E-state index contributed by atoms with van der Waals surface area (Å²) in [7, 11) is 0. The highest BCUT2D eigenvalue weighted by Crippen LogP contribution is 2.19. The van der Waals surface area contributed by atoms with Gasteiger partial charge in [0.05, 0.1) is 25.2 Å². The summed E-state index contributed by atoms with van der Waals surface area (Å²) >= 11 is 5.78. The first-order chi connectivity index (χ1) is 8.87. The molecule has 2 amide bonds. The molecule has 1 saturated heterocycles. The number of amides is 2. The van der Waals surface area contributed by atoms with E-state index in [0.29, 0.717) is 23.7 Å². The minimum atomic E-state index is -0.799. The number of carbonyl (C=O) groups excluding carboxylic acids is 2. The quantitative estimate of drug-likeness (QED) is 0.856. The van der Waals surface area contributed by atoms with Crippen LogP contribution in [0.1, 0.15) is 17.3 Å². The summed E-state index contributed by atoms with van der Waals surface area (Å²) in [6, 6.07) is 6.51. The highest BCUT2D eigenvalue weighted by Gasteiger charge is 2.39. The van der Waals surface area contributed by atoms with Crippen LogP contribution in [0.5, 0.6) is 0 Å². The second-order valence-corrected chi connectivity index (χ2v) is 5.38. The number of hydrogen-bond acceptors (Lipinski definition) is 3. The van der Waals surface area contributed by atoms with Crippen molar-refractivity contribution in [2.75, 3.05) is 19.6 Å². The molecule has 1 fully saturated rings. The Hall–Kier alpha value is -1.59. The molecule has 2 N–H and O–H groups in total. The van der Waals surface area contributed by atoms with Crippen LogP contribution in [0, 0.1) is 0 Å². The third-order valence-electron chi connectivity index (χ3n) is 2.90. The molecule has 2 rings (SSSR count). The Labute approximate surface area is 116 Å². The molecule has 0 radical (unpaired) electrons. The van der Waals surface area contributed by atoms with Gasteiger partial charge in [0.2, 0.25) is 5.91 Å². The zero-order valence-electron chi connectivity index (χ0n) is 10.5. The van der Waals surface area contributed by atoms with Crippen molar-refractivity contribution in [2.24, 2.45) is 0 Å². The lowest BCUT2D eigenvalue weighted by Gasteiger charge is -2.44. The van der Waals surface area contributed by atoms with Crippen molar-refractivity contribution in [2.45, 2.75) is 12.5 Å². The van der Waals surface area contributed by atoms with Crippen molar-refractivity contribution < 1.29 is 14.7 Å². The van der Waals surface area contributed by atoms with Crippen molar-refractivity contribution in [1.82, 2.24) is 10.2 Å². The minimum Gasteiger partial charge on any atom is -0.386 e. The highest BCUT2D eigenvalue weighted by molar-refractivity contribution is 6.30. The Bertz CT molecular complexity index is 508. The molecule has 6 heteroatoms. The molecule has 0 bridgehead atoms. The van der Waals surface area contributed by atoms with Gasteiger partial charge in [-0.05, 0) is 25.1 Å². The van der Waals surface area contributed by atoms with Gasteiger partial charge in [0.1, 0.15) is 0 Å². The van der Waals surface area contributed by atoms with Crippen LogP contribution >= 0.6 is 11.6 Å². The molecule has 0 aliphatic carbocycles. The molecule has 1 aromatic carbocycles. The van der Waals surface area contributed by atoms with Crippen LogP contribution in [0.3, 0.4) is 0 Å². The molecule has 1 heterocycles. The molecular formula is C13H15ClN2O3. The molecule has 5 nitrogen and oxygen atoms in total. The van der Waals surface area contributed by atoms with E-state index in [1.165, 1.54) is 11.0 Å². The average Bonchev–Trinajstić information content (AvgIpc) is 2.32. The topological polar surface area (TPSA) is 69.6 Å². The van der Waals surface area contributed by atoms with E-state index in [9.17, 15) is 14.7 Å². The highest BCUT2D eigenvalue weighted by atomic mass is 35.5. The summed E-state index contributed by atoms with van der Waals surface area (Å²) in [6.07, 6.45) is 0. The van der Waals surface area contributed by atoms with Crippen molar-refractivity contribution in [1.29, 1.82) is 0 Å². The minimum absolute atomic E-state index is 0.0819. The van der Waals surface area contributed by atoms with Crippen LogP contribution in [-0.4, -0.2) is 47.1 Å². The second kappa shape index (κ2) is 5.19. The third kappa shape index (κ3) is 3.45. The normalized spacial score (nSPS) is 16.7. The van der Waals surface area contributed by atoms with E-state index < -0.39 is 5.60 Å². The van der Waals surface area contributed by atoms with E-state index in [0.717, 1.165) is 0 Å². The Morgan fingerprint density at radius 1 is 1.47 bits per heavy atom. The maximum Gasteiger partial charge on any atom is 0.251 e. The fourth-order valence-electron chi connectivity index (χ4n) is 1.95. The monoisotopic (exact) mass is 282 g/mol. The Morgan fingerprint density at radius 3 is 2.74 bits per heavy atom. The molecular weight excluding hydrogens is 268 g/mol. The molecule has 0 atom stereocenters. The Kier molecular flexibility index (Phi) is 3.78. The van der Waals surface area contributed by atoms with Gasteiger partial charge in [-0.2, -0.15) is 0 Å². The van der Waals surface area contributed by atoms with Gasteiger partial charge in [-0.25, -0.2) is 0 Å². The largest absolute Gasteiger partial charge is 0.386 e. The first-order valence-electron chi connectivity index (χ1n) is 5.91. The van der Waals surface area contributed by atoms with E-state index >= 15 is 0 Å². The number of β-amino-alcohol motifs (C(OH)–C–C–N with tert-alkyl or cyclic N) is 1. The van der Waals surface area contributed by atoms with Gasteiger partial charge >= 0.3 is 0 Å². The molecule has 0 unspecified atom stereocenters. The van der Waals surface area contributed by atoms with E-state index in [1.54, 1.807) is 25.1 Å². The van der Waals surface area contributed by atoms with Gasteiger partial charge in [0.25, 0.3) is 5.91 Å². The summed E-state index contributed by atoms with van der Waals surface area (Å²) in [5, 5.41) is 12.5. The van der Waals surface area contributed by atoms with E-state index in [4.69, 9.17) is 11.6 Å². The van der Waals surface area contributed by atoms with Gasteiger partial charge in [-0.3, -0.25) is 9.59 Å². The number of hydrogen-bond donors (Lipinski definition) is 2. The number of nitrogens with zero attached hydrogens (tertiary/aromatic N) is 1. The Morgan fingerprint density at radius 2 is 2.16 bits per heavy atom. The predicted molar refractivity (Wildman–Crippen MR) is 71.0 cm³/mol. The number of benzene rings is 1. The van der Waals surface area contributed by atoms with E-state index in [1.807, 2.05) is 0 Å². The van der Waals surface area contributed by atoms with E-state index in [2.05, 4.69) is 5.32 Å². The molecule has 0 aromatic heterocycles. The fourth-order valence-corrected chi connectivity index (χ4v) is 2.14. The van der Waals surface area contributed by atoms with E-state index in [-0.39, 0.29) is 18.4 Å². The van der Waals surface area contributed by atoms with Gasteiger partial charge in [0, 0.05) is 10.6 Å². The number of likely N-dealkylation sites (tertiary alicyclic amines) is 1. The summed E-state index contributed by atoms with van der Waals surface area (Å²) < 4.78 is 0. The molecule has 19 heavy (non-hydrogen) atoms. The second-order valence-electron chi connectivity index (χ2n) is 4.94. The van der Waals surface area contributed by atoms with Crippen LogP contribution in [-0.2, 0) is 4.79 Å². The van der Waals surface area contributed by atoms with Gasteiger partial charge in [-0.1, -0.05) is 17.7 Å². The van der Waals surface area contributed by atoms with Crippen molar-refractivity contribution in [3.63, 3.8) is 0 Å². The number of halogens is 1. The van der Waals surface area contributed by atoms with Crippen LogP contribution < -0.4 is 5.32 Å². The number of aliphatic hydroxyl groups is 1. The number of carbonyl (C=O) groups is 2. The molecule has 1 aliphatic rings.